The summed E-state index contributed by atoms with van der Waals surface area (Å²) in [6, 6.07) is 9.05. The van der Waals surface area contributed by atoms with E-state index >= 15 is 0 Å². The highest BCUT2D eigenvalue weighted by Gasteiger charge is 2.46. The Morgan fingerprint density at radius 2 is 1.71 bits per heavy atom. The predicted molar refractivity (Wildman–Crippen MR) is 78.1 cm³/mol. The van der Waals surface area contributed by atoms with Gasteiger partial charge < -0.3 is 20.9 Å². The summed E-state index contributed by atoms with van der Waals surface area (Å²) in [5.74, 6) is -0.893. The van der Waals surface area contributed by atoms with E-state index in [1.165, 1.54) is 0 Å². The van der Waals surface area contributed by atoms with Crippen LogP contribution in [0.25, 0.3) is 0 Å². The molecule has 1 aromatic rings. The van der Waals surface area contributed by atoms with E-state index in [1.54, 1.807) is 32.9 Å². The van der Waals surface area contributed by atoms with Crippen LogP contribution < -0.4 is 11.5 Å². The summed E-state index contributed by atoms with van der Waals surface area (Å²) in [4.78, 5) is 23.6. The summed E-state index contributed by atoms with van der Waals surface area (Å²) in [5.41, 5.74) is 10.2. The van der Waals surface area contributed by atoms with Crippen LogP contribution in [0.15, 0.2) is 30.3 Å². The van der Waals surface area contributed by atoms with E-state index in [0.717, 1.165) is 5.56 Å². The van der Waals surface area contributed by atoms with E-state index in [1.807, 2.05) is 18.2 Å². The number of hydrogen-bond acceptors (Lipinski definition) is 6. The van der Waals surface area contributed by atoms with E-state index in [0.29, 0.717) is 0 Å². The Balaban J connectivity index is 2.60. The third kappa shape index (κ3) is 4.27. The highest BCUT2D eigenvalue weighted by molar-refractivity contribution is 5.89. The molecule has 0 aliphatic heterocycles. The van der Waals surface area contributed by atoms with Gasteiger partial charge in [-0.05, 0) is 11.0 Å². The third-order valence-corrected chi connectivity index (χ3v) is 3.40. The fourth-order valence-corrected chi connectivity index (χ4v) is 1.61. The van der Waals surface area contributed by atoms with E-state index in [2.05, 4.69) is 4.74 Å². The minimum atomic E-state index is -1.46. The molecular weight excluding hydrogens is 272 g/mol. The van der Waals surface area contributed by atoms with Gasteiger partial charge in [0.05, 0.1) is 0 Å². The van der Waals surface area contributed by atoms with Crippen molar-refractivity contribution in [2.45, 2.75) is 32.9 Å². The maximum absolute atomic E-state index is 12.0. The summed E-state index contributed by atoms with van der Waals surface area (Å²) < 4.78 is 9.52. The molecule has 0 aliphatic rings. The second kappa shape index (κ2) is 6.69. The molecule has 21 heavy (non-hydrogen) atoms. The van der Waals surface area contributed by atoms with Crippen LogP contribution in [0.1, 0.15) is 26.3 Å². The van der Waals surface area contributed by atoms with Gasteiger partial charge in [-0.3, -0.25) is 0 Å². The first-order valence-electron chi connectivity index (χ1n) is 6.62. The molecule has 4 N–H and O–H groups in total. The Bertz CT molecular complexity index is 496. The lowest BCUT2D eigenvalue weighted by Crippen LogP contribution is -2.63. The van der Waals surface area contributed by atoms with Crippen LogP contribution in [0.3, 0.4) is 0 Å². The summed E-state index contributed by atoms with van der Waals surface area (Å²) in [5, 5.41) is 0. The number of hydrogen-bond donors (Lipinski definition) is 2. The smallest absolute Gasteiger partial charge is 0.429 e. The lowest BCUT2D eigenvalue weighted by atomic mass is 9.74. The van der Waals surface area contributed by atoms with Crippen LogP contribution in [0.2, 0.25) is 0 Å². The van der Waals surface area contributed by atoms with Crippen LogP contribution >= 0.6 is 0 Å². The maximum Gasteiger partial charge on any atom is 0.516 e. The van der Waals surface area contributed by atoms with Crippen molar-refractivity contribution in [1.29, 1.82) is 0 Å². The highest BCUT2D eigenvalue weighted by Crippen LogP contribution is 2.28. The first kappa shape index (κ1) is 17.1. The molecule has 6 nitrogen and oxygen atoms in total. The molecule has 116 valence electrons. The van der Waals surface area contributed by atoms with Crippen molar-refractivity contribution in [2.75, 3.05) is 6.54 Å². The fraction of sp³-hybridized carbons (Fsp3) is 0.467. The Morgan fingerprint density at radius 1 is 1.14 bits per heavy atom. The molecule has 0 fully saturated rings. The van der Waals surface area contributed by atoms with E-state index in [4.69, 9.17) is 16.2 Å². The van der Waals surface area contributed by atoms with Gasteiger partial charge in [0.15, 0.2) is 0 Å². The van der Waals surface area contributed by atoms with Gasteiger partial charge in [-0.25, -0.2) is 9.59 Å². The van der Waals surface area contributed by atoms with Gasteiger partial charge in [-0.15, -0.1) is 0 Å². The van der Waals surface area contributed by atoms with Crippen molar-refractivity contribution in [3.05, 3.63) is 35.9 Å². The average molecular weight is 294 g/mol. The standard InChI is InChI=1S/C15H22N2O4/c1-14(2,3)15(17,10-16)12(18)21-13(19)20-9-11-7-5-4-6-8-11/h4-8H,9-10,16-17H2,1-3H3/t15-/m0/s1. The molecule has 1 rings (SSSR count). The van der Waals surface area contributed by atoms with Gasteiger partial charge in [-0.2, -0.15) is 0 Å². The molecule has 0 saturated heterocycles. The molecule has 1 atom stereocenters. The zero-order chi connectivity index (χ0) is 16.1. The number of carbonyl (C=O) groups is 2. The van der Waals surface area contributed by atoms with E-state index in [-0.39, 0.29) is 13.2 Å². The number of esters is 1. The largest absolute Gasteiger partial charge is 0.516 e. The van der Waals surface area contributed by atoms with Gasteiger partial charge in [0.25, 0.3) is 0 Å². The molecule has 0 aromatic heterocycles. The molecule has 0 amide bonds. The first-order valence-corrected chi connectivity index (χ1v) is 6.62. The summed E-state index contributed by atoms with van der Waals surface area (Å²) >= 11 is 0. The summed E-state index contributed by atoms with van der Waals surface area (Å²) in [7, 11) is 0. The highest BCUT2D eigenvalue weighted by atomic mass is 16.7. The van der Waals surface area contributed by atoms with Gasteiger partial charge in [-0.1, -0.05) is 51.1 Å². The normalized spacial score (nSPS) is 14.1. The molecule has 0 aliphatic carbocycles. The predicted octanol–water partition coefficient (Wildman–Crippen LogP) is 1.57. The second-order valence-corrected chi connectivity index (χ2v) is 5.84. The van der Waals surface area contributed by atoms with Crippen LogP contribution in [-0.4, -0.2) is 24.2 Å². The maximum atomic E-state index is 12.0. The minimum Gasteiger partial charge on any atom is -0.429 e. The zero-order valence-electron chi connectivity index (χ0n) is 12.6. The molecule has 0 heterocycles. The SMILES string of the molecule is CC(C)(C)[C@](N)(CN)C(=O)OC(=O)OCc1ccccc1. The van der Waals surface area contributed by atoms with Crippen molar-refractivity contribution in [3.63, 3.8) is 0 Å². The second-order valence-electron chi connectivity index (χ2n) is 5.84. The van der Waals surface area contributed by atoms with Crippen LogP contribution in [-0.2, 0) is 20.9 Å². The van der Waals surface area contributed by atoms with Crippen molar-refractivity contribution in [2.24, 2.45) is 16.9 Å². The third-order valence-electron chi connectivity index (χ3n) is 3.40. The van der Waals surface area contributed by atoms with Gasteiger partial charge >= 0.3 is 12.1 Å². The zero-order valence-corrected chi connectivity index (χ0v) is 12.6. The van der Waals surface area contributed by atoms with Crippen molar-refractivity contribution >= 4 is 12.1 Å². The molecule has 6 heteroatoms. The topological polar surface area (TPSA) is 105 Å². The Labute approximate surface area is 124 Å². The molecule has 0 bridgehead atoms. The Hall–Kier alpha value is -1.92. The number of carbonyl (C=O) groups excluding carboxylic acids is 2. The Morgan fingerprint density at radius 3 is 2.19 bits per heavy atom. The number of nitrogens with two attached hydrogens (primary N) is 2. The van der Waals surface area contributed by atoms with Crippen molar-refractivity contribution in [3.8, 4) is 0 Å². The van der Waals surface area contributed by atoms with E-state index in [9.17, 15) is 9.59 Å². The van der Waals surface area contributed by atoms with Crippen LogP contribution in [0.4, 0.5) is 4.79 Å². The minimum absolute atomic E-state index is 0.0165. The first-order chi connectivity index (χ1) is 9.70. The van der Waals surface area contributed by atoms with E-state index < -0.39 is 23.1 Å². The monoisotopic (exact) mass is 294 g/mol. The van der Waals surface area contributed by atoms with Gasteiger partial charge in [0, 0.05) is 6.54 Å². The van der Waals surface area contributed by atoms with Crippen molar-refractivity contribution in [1.82, 2.24) is 0 Å². The Kier molecular flexibility index (Phi) is 5.46. The van der Waals surface area contributed by atoms with Gasteiger partial charge in [0.2, 0.25) is 0 Å². The molecule has 0 spiro atoms. The molecule has 0 unspecified atom stereocenters. The van der Waals surface area contributed by atoms with Crippen molar-refractivity contribution < 1.29 is 19.1 Å². The quantitative estimate of drug-likeness (QED) is 0.645. The molecule has 0 radical (unpaired) electrons. The molecular formula is C15H22N2O4. The number of ether oxygens (including phenoxy) is 2. The van der Waals surface area contributed by atoms with Gasteiger partial charge in [0.1, 0.15) is 12.1 Å². The molecule has 1 aromatic carbocycles. The number of benzene rings is 1. The lowest BCUT2D eigenvalue weighted by Gasteiger charge is -2.37. The summed E-state index contributed by atoms with van der Waals surface area (Å²) in [6.45, 7) is 5.12. The van der Waals surface area contributed by atoms with Crippen LogP contribution in [0.5, 0.6) is 0 Å². The summed E-state index contributed by atoms with van der Waals surface area (Å²) in [6.07, 6.45) is -1.09. The number of rotatable bonds is 4. The fourth-order valence-electron chi connectivity index (χ4n) is 1.61. The van der Waals surface area contributed by atoms with Crippen LogP contribution in [0, 0.1) is 5.41 Å². The lowest BCUT2D eigenvalue weighted by molar-refractivity contribution is -0.150. The average Bonchev–Trinajstić information content (AvgIpc) is 2.44. The molecule has 0 saturated carbocycles.